The summed E-state index contributed by atoms with van der Waals surface area (Å²) in [5.74, 6) is 2.33. The number of nitrogens with zero attached hydrogens (tertiary/aromatic N) is 3. The highest BCUT2D eigenvalue weighted by atomic mass is 16.5. The number of methoxy groups -OCH3 is 1. The lowest BCUT2D eigenvalue weighted by Gasteiger charge is -2.23. The van der Waals surface area contributed by atoms with E-state index < -0.39 is 0 Å². The summed E-state index contributed by atoms with van der Waals surface area (Å²) < 4.78 is 16.7. The van der Waals surface area contributed by atoms with Gasteiger partial charge in [-0.1, -0.05) is 37.5 Å². The maximum absolute atomic E-state index is 12.0. The maximum atomic E-state index is 12.0. The van der Waals surface area contributed by atoms with Crippen LogP contribution in [0.25, 0.3) is 10.9 Å². The number of benzene rings is 2. The van der Waals surface area contributed by atoms with Crippen LogP contribution < -0.4 is 26.0 Å². The third-order valence-electron chi connectivity index (χ3n) is 7.70. The van der Waals surface area contributed by atoms with Gasteiger partial charge in [-0.25, -0.2) is 0 Å². The normalized spacial score (nSPS) is 13.4. The second kappa shape index (κ2) is 17.2. The van der Waals surface area contributed by atoms with Gasteiger partial charge in [0.25, 0.3) is 5.91 Å². The van der Waals surface area contributed by atoms with Crippen molar-refractivity contribution < 1.29 is 19.0 Å². The Morgan fingerprint density at radius 2 is 1.56 bits per heavy atom. The second-order valence-electron chi connectivity index (χ2n) is 11.0. The predicted octanol–water partition coefficient (Wildman–Crippen LogP) is 4.64. The van der Waals surface area contributed by atoms with E-state index in [-0.39, 0.29) is 5.91 Å². The fraction of sp³-hybridized carbons (Fsp3) is 0.455. The Balaban J connectivity index is 1.05. The highest BCUT2D eigenvalue weighted by Crippen LogP contribution is 2.24. The minimum absolute atomic E-state index is 0.106. The summed E-state index contributed by atoms with van der Waals surface area (Å²) in [7, 11) is 1.68. The van der Waals surface area contributed by atoms with Crippen LogP contribution in [0.2, 0.25) is 0 Å². The highest BCUT2D eigenvalue weighted by Gasteiger charge is 2.16. The predicted molar refractivity (Wildman–Crippen MR) is 176 cm³/mol. The largest absolute Gasteiger partial charge is 0.497 e. The van der Waals surface area contributed by atoms with Gasteiger partial charge in [0.15, 0.2) is 0 Å². The summed E-state index contributed by atoms with van der Waals surface area (Å²) in [5.41, 5.74) is 2.91. The molecule has 240 valence electrons. The van der Waals surface area contributed by atoms with Gasteiger partial charge in [0.2, 0.25) is 17.8 Å². The summed E-state index contributed by atoms with van der Waals surface area (Å²) in [6.45, 7) is 3.43. The minimum Gasteiger partial charge on any atom is -0.497 e. The van der Waals surface area contributed by atoms with Crippen LogP contribution in [0.5, 0.6) is 5.75 Å². The Morgan fingerprint density at radius 3 is 2.31 bits per heavy atom. The average molecular weight is 617 g/mol. The molecule has 1 amide bonds. The molecule has 0 saturated heterocycles. The summed E-state index contributed by atoms with van der Waals surface area (Å²) in [6, 6.07) is 15.5. The molecular formula is C33H44N8O4. The zero-order chi connectivity index (χ0) is 31.1. The number of carbonyl (C=O) groups excluding carboxylic acids is 1. The van der Waals surface area contributed by atoms with Gasteiger partial charge >= 0.3 is 0 Å². The zero-order valence-electron chi connectivity index (χ0n) is 25.9. The number of aromatic amines is 1. The molecule has 2 aromatic carbocycles. The van der Waals surface area contributed by atoms with Crippen LogP contribution in [0, 0.1) is 0 Å². The molecule has 12 heteroatoms. The van der Waals surface area contributed by atoms with Gasteiger partial charge < -0.3 is 40.5 Å². The molecule has 4 aromatic rings. The first kappa shape index (κ1) is 32.0. The number of hydrogen-bond acceptors (Lipinski definition) is 10. The van der Waals surface area contributed by atoms with Crippen molar-refractivity contribution in [2.45, 2.75) is 44.6 Å². The summed E-state index contributed by atoms with van der Waals surface area (Å²) >= 11 is 0. The number of H-pyrrole nitrogens is 1. The molecule has 0 atom stereocenters. The van der Waals surface area contributed by atoms with Gasteiger partial charge in [-0.2, -0.15) is 15.0 Å². The number of amides is 1. The first-order valence-corrected chi connectivity index (χ1v) is 15.8. The zero-order valence-corrected chi connectivity index (χ0v) is 25.9. The van der Waals surface area contributed by atoms with Gasteiger partial charge in [-0.3, -0.25) is 4.79 Å². The Labute approximate surface area is 264 Å². The molecule has 2 aromatic heterocycles. The maximum Gasteiger partial charge on any atom is 0.251 e. The molecule has 1 aliphatic rings. The first-order valence-electron chi connectivity index (χ1n) is 15.8. The quantitative estimate of drug-likeness (QED) is 0.100. The van der Waals surface area contributed by atoms with Crippen molar-refractivity contribution in [1.29, 1.82) is 0 Å². The van der Waals surface area contributed by atoms with Gasteiger partial charge in [0, 0.05) is 48.3 Å². The minimum atomic E-state index is -0.106. The molecule has 1 aliphatic carbocycles. The molecule has 12 nitrogen and oxygen atoms in total. The van der Waals surface area contributed by atoms with E-state index in [1.807, 2.05) is 36.5 Å². The Kier molecular flexibility index (Phi) is 12.2. The fourth-order valence-electron chi connectivity index (χ4n) is 5.31. The number of hydrogen-bond donors (Lipinski definition) is 5. The number of carbonyl (C=O) groups is 1. The van der Waals surface area contributed by atoms with E-state index in [1.165, 1.54) is 24.8 Å². The van der Waals surface area contributed by atoms with Gasteiger partial charge in [-0.15, -0.1) is 0 Å². The second-order valence-corrected chi connectivity index (χ2v) is 11.0. The number of aromatic nitrogens is 4. The Morgan fingerprint density at radius 1 is 0.844 bits per heavy atom. The van der Waals surface area contributed by atoms with E-state index in [1.54, 1.807) is 19.2 Å². The van der Waals surface area contributed by atoms with Crippen LogP contribution in [-0.2, 0) is 15.9 Å². The third-order valence-corrected chi connectivity index (χ3v) is 7.70. The molecule has 1 saturated carbocycles. The van der Waals surface area contributed by atoms with Crippen LogP contribution in [0.1, 0.15) is 48.0 Å². The van der Waals surface area contributed by atoms with Crippen LogP contribution in [0.4, 0.5) is 17.8 Å². The van der Waals surface area contributed by atoms with Crippen molar-refractivity contribution in [3.05, 3.63) is 65.9 Å². The van der Waals surface area contributed by atoms with E-state index in [0.717, 1.165) is 35.9 Å². The molecule has 0 spiro atoms. The first-order chi connectivity index (χ1) is 22.2. The number of anilines is 3. The number of nitrogens with one attached hydrogen (secondary N) is 5. The van der Waals surface area contributed by atoms with Crippen molar-refractivity contribution in [2.24, 2.45) is 0 Å². The monoisotopic (exact) mass is 616 g/mol. The molecular weight excluding hydrogens is 572 g/mol. The molecule has 0 aliphatic heterocycles. The molecule has 45 heavy (non-hydrogen) atoms. The lowest BCUT2D eigenvalue weighted by molar-refractivity contribution is 0.0519. The van der Waals surface area contributed by atoms with E-state index in [9.17, 15) is 4.79 Å². The molecule has 5 rings (SSSR count). The smallest absolute Gasteiger partial charge is 0.251 e. The van der Waals surface area contributed by atoms with E-state index in [0.29, 0.717) is 75.5 Å². The summed E-state index contributed by atoms with van der Waals surface area (Å²) in [5, 5.41) is 14.2. The number of fused-ring (bicyclic) bond motifs is 1. The molecule has 5 N–H and O–H groups in total. The topological polar surface area (TPSA) is 147 Å². The average Bonchev–Trinajstić information content (AvgIpc) is 3.48. The van der Waals surface area contributed by atoms with Gasteiger partial charge in [0.05, 0.1) is 33.5 Å². The molecule has 2 heterocycles. The van der Waals surface area contributed by atoms with Crippen LogP contribution in [-0.4, -0.2) is 85.1 Å². The number of ether oxygens (including phenoxy) is 3. The van der Waals surface area contributed by atoms with Crippen molar-refractivity contribution in [1.82, 2.24) is 25.3 Å². The van der Waals surface area contributed by atoms with Crippen LogP contribution in [0.3, 0.4) is 0 Å². The Bertz CT molecular complexity index is 1480. The Hall–Kier alpha value is -4.42. The van der Waals surface area contributed by atoms with Gasteiger partial charge in [-0.05, 0) is 55.2 Å². The summed E-state index contributed by atoms with van der Waals surface area (Å²) in [6.07, 6.45) is 8.80. The highest BCUT2D eigenvalue weighted by molar-refractivity contribution is 5.94. The van der Waals surface area contributed by atoms with Crippen molar-refractivity contribution in [2.75, 3.05) is 69.1 Å². The van der Waals surface area contributed by atoms with E-state index >= 15 is 0 Å². The number of rotatable bonds is 18. The standard InChI is InChI=1S/C33H44N8O4/c1-43-27-12-13-29-28(22-27)25(23-37-29)14-15-35-31-39-32(41-33(40-31)38-26-10-6-3-7-11-26)36-17-19-45-21-20-44-18-16-34-30(42)24-8-4-2-5-9-24/h2,4-5,8-9,12-13,22-23,26,37H,3,6-7,10-11,14-21H2,1H3,(H,34,42)(H3,35,36,38,39,40,41). The molecule has 0 radical (unpaired) electrons. The van der Waals surface area contributed by atoms with Crippen molar-refractivity contribution in [3.8, 4) is 5.75 Å². The van der Waals surface area contributed by atoms with E-state index in [2.05, 4.69) is 47.3 Å². The van der Waals surface area contributed by atoms with E-state index in [4.69, 9.17) is 14.2 Å². The molecule has 1 fully saturated rings. The SMILES string of the molecule is COc1ccc2[nH]cc(CCNc3nc(NCCOCCOCCNC(=O)c4ccccc4)nc(NC4CCCCC4)n3)c2c1. The van der Waals surface area contributed by atoms with Crippen LogP contribution >= 0.6 is 0 Å². The van der Waals surface area contributed by atoms with Crippen LogP contribution in [0.15, 0.2) is 54.7 Å². The lowest BCUT2D eigenvalue weighted by atomic mass is 9.96. The van der Waals surface area contributed by atoms with Gasteiger partial charge in [0.1, 0.15) is 5.75 Å². The lowest BCUT2D eigenvalue weighted by Crippen LogP contribution is -2.27. The molecule has 0 bridgehead atoms. The summed E-state index contributed by atoms with van der Waals surface area (Å²) in [4.78, 5) is 29.3. The third kappa shape index (κ3) is 10.0. The van der Waals surface area contributed by atoms with Crippen molar-refractivity contribution in [3.63, 3.8) is 0 Å². The van der Waals surface area contributed by atoms with Crippen molar-refractivity contribution >= 4 is 34.7 Å². The fourth-order valence-corrected chi connectivity index (χ4v) is 5.31. The molecule has 0 unspecified atom stereocenters.